The highest BCUT2D eigenvalue weighted by molar-refractivity contribution is 5.78. The molecule has 0 unspecified atom stereocenters. The van der Waals surface area contributed by atoms with E-state index in [-0.39, 0.29) is 17.5 Å². The van der Waals surface area contributed by atoms with Crippen LogP contribution in [0.1, 0.15) is 73.3 Å². The standard InChI is InChI=1S/C19H30O3/c1-9-19(7,8)17(20)21-14-10-11-16(22-18(4,5)6)15(12-14)13(2)3/h10-13H,9H2,1-8H3. The predicted molar refractivity (Wildman–Crippen MR) is 90.6 cm³/mol. The maximum Gasteiger partial charge on any atom is 0.316 e. The summed E-state index contributed by atoms with van der Waals surface area (Å²) in [6, 6.07) is 5.61. The number of rotatable bonds is 5. The molecule has 0 heterocycles. The molecule has 3 nitrogen and oxygen atoms in total. The average molecular weight is 306 g/mol. The third-order valence-corrected chi connectivity index (χ3v) is 3.67. The summed E-state index contributed by atoms with van der Waals surface area (Å²) in [5.74, 6) is 1.51. The molecular formula is C19H30O3. The van der Waals surface area contributed by atoms with Gasteiger partial charge in [-0.1, -0.05) is 20.8 Å². The van der Waals surface area contributed by atoms with E-state index in [0.717, 1.165) is 17.7 Å². The Morgan fingerprint density at radius 3 is 2.18 bits per heavy atom. The molecule has 3 heteroatoms. The lowest BCUT2D eigenvalue weighted by molar-refractivity contribution is -0.144. The molecule has 22 heavy (non-hydrogen) atoms. The van der Waals surface area contributed by atoms with E-state index in [4.69, 9.17) is 9.47 Å². The third kappa shape index (κ3) is 5.04. The minimum atomic E-state index is -0.474. The van der Waals surface area contributed by atoms with Crippen molar-refractivity contribution in [3.63, 3.8) is 0 Å². The molecule has 0 amide bonds. The number of hydrogen-bond acceptors (Lipinski definition) is 3. The van der Waals surface area contributed by atoms with Crippen molar-refractivity contribution in [3.05, 3.63) is 23.8 Å². The van der Waals surface area contributed by atoms with Crippen molar-refractivity contribution >= 4 is 5.97 Å². The van der Waals surface area contributed by atoms with Crippen LogP contribution >= 0.6 is 0 Å². The lowest BCUT2D eigenvalue weighted by atomic mass is 9.91. The van der Waals surface area contributed by atoms with Crippen LogP contribution in [0.2, 0.25) is 0 Å². The SMILES string of the molecule is CCC(C)(C)C(=O)Oc1ccc(OC(C)(C)C)c(C(C)C)c1. The van der Waals surface area contributed by atoms with Crippen molar-refractivity contribution in [2.75, 3.05) is 0 Å². The topological polar surface area (TPSA) is 35.5 Å². The third-order valence-electron chi connectivity index (χ3n) is 3.67. The Bertz CT molecular complexity index is 522. The quantitative estimate of drug-likeness (QED) is 0.545. The fourth-order valence-corrected chi connectivity index (χ4v) is 1.85. The van der Waals surface area contributed by atoms with Crippen molar-refractivity contribution in [3.8, 4) is 11.5 Å². The van der Waals surface area contributed by atoms with Gasteiger partial charge in [-0.3, -0.25) is 4.79 Å². The monoisotopic (exact) mass is 306 g/mol. The first-order valence-corrected chi connectivity index (χ1v) is 8.01. The minimum absolute atomic E-state index is 0.200. The molecule has 0 N–H and O–H groups in total. The molecule has 0 atom stereocenters. The molecule has 0 aromatic heterocycles. The van der Waals surface area contributed by atoms with E-state index in [1.807, 2.05) is 53.7 Å². The van der Waals surface area contributed by atoms with Gasteiger partial charge in [0.2, 0.25) is 0 Å². The van der Waals surface area contributed by atoms with E-state index >= 15 is 0 Å². The Morgan fingerprint density at radius 2 is 1.73 bits per heavy atom. The molecule has 0 aliphatic carbocycles. The van der Waals surface area contributed by atoms with E-state index in [0.29, 0.717) is 5.75 Å². The van der Waals surface area contributed by atoms with Crippen molar-refractivity contribution in [1.82, 2.24) is 0 Å². The van der Waals surface area contributed by atoms with Crippen LogP contribution in [0.3, 0.4) is 0 Å². The summed E-state index contributed by atoms with van der Waals surface area (Å²) in [6.07, 6.45) is 0.744. The summed E-state index contributed by atoms with van der Waals surface area (Å²) >= 11 is 0. The first-order valence-electron chi connectivity index (χ1n) is 8.01. The molecule has 1 aromatic rings. The van der Waals surface area contributed by atoms with E-state index in [2.05, 4.69) is 13.8 Å². The second kappa shape index (κ2) is 6.72. The summed E-state index contributed by atoms with van der Waals surface area (Å²) in [6.45, 7) is 16.1. The second-order valence-electron chi connectivity index (χ2n) is 7.70. The molecule has 0 spiro atoms. The van der Waals surface area contributed by atoms with E-state index in [1.165, 1.54) is 0 Å². The van der Waals surface area contributed by atoms with Gasteiger partial charge in [0.15, 0.2) is 0 Å². The maximum absolute atomic E-state index is 12.2. The van der Waals surface area contributed by atoms with Gasteiger partial charge in [-0.2, -0.15) is 0 Å². The summed E-state index contributed by atoms with van der Waals surface area (Å²) < 4.78 is 11.6. The smallest absolute Gasteiger partial charge is 0.316 e. The lowest BCUT2D eigenvalue weighted by Crippen LogP contribution is -2.28. The summed E-state index contributed by atoms with van der Waals surface area (Å²) in [7, 11) is 0. The molecular weight excluding hydrogens is 276 g/mol. The normalized spacial score (nSPS) is 12.4. The first kappa shape index (κ1) is 18.5. The largest absolute Gasteiger partial charge is 0.488 e. The van der Waals surface area contributed by atoms with Crippen LogP contribution in [0.5, 0.6) is 11.5 Å². The molecule has 0 aliphatic heterocycles. The average Bonchev–Trinajstić information content (AvgIpc) is 2.38. The molecule has 124 valence electrons. The molecule has 1 rings (SSSR count). The number of benzene rings is 1. The second-order valence-corrected chi connectivity index (χ2v) is 7.70. The van der Waals surface area contributed by atoms with E-state index in [1.54, 1.807) is 6.07 Å². The highest BCUT2D eigenvalue weighted by Gasteiger charge is 2.28. The van der Waals surface area contributed by atoms with E-state index < -0.39 is 5.41 Å². The summed E-state index contributed by atoms with van der Waals surface area (Å²) in [5.41, 5.74) is 0.319. The van der Waals surface area contributed by atoms with Gasteiger partial charge in [0.25, 0.3) is 0 Å². The Hall–Kier alpha value is -1.51. The lowest BCUT2D eigenvalue weighted by Gasteiger charge is -2.25. The van der Waals surface area contributed by atoms with Crippen LogP contribution < -0.4 is 9.47 Å². The van der Waals surface area contributed by atoms with E-state index in [9.17, 15) is 4.79 Å². The van der Waals surface area contributed by atoms with Gasteiger partial charge in [-0.15, -0.1) is 0 Å². The molecule has 0 saturated heterocycles. The highest BCUT2D eigenvalue weighted by Crippen LogP contribution is 2.33. The predicted octanol–water partition coefficient (Wildman–Crippen LogP) is 5.33. The minimum Gasteiger partial charge on any atom is -0.488 e. The van der Waals surface area contributed by atoms with Crippen molar-refractivity contribution in [2.45, 2.75) is 73.3 Å². The van der Waals surface area contributed by atoms with Crippen LogP contribution in [0.15, 0.2) is 18.2 Å². The number of carbonyl (C=O) groups is 1. The van der Waals surface area contributed by atoms with Gasteiger partial charge >= 0.3 is 5.97 Å². The van der Waals surface area contributed by atoms with Gasteiger partial charge in [-0.25, -0.2) is 0 Å². The molecule has 1 aromatic carbocycles. The fourth-order valence-electron chi connectivity index (χ4n) is 1.85. The zero-order chi connectivity index (χ0) is 17.1. The number of ether oxygens (including phenoxy) is 2. The Morgan fingerprint density at radius 1 is 1.14 bits per heavy atom. The molecule has 0 fully saturated rings. The van der Waals surface area contributed by atoms with Gasteiger partial charge in [-0.05, 0) is 65.2 Å². The number of esters is 1. The van der Waals surface area contributed by atoms with Crippen molar-refractivity contribution < 1.29 is 14.3 Å². The zero-order valence-corrected chi connectivity index (χ0v) is 15.2. The Labute approximate surface area is 135 Å². The summed E-state index contributed by atoms with van der Waals surface area (Å²) in [4.78, 5) is 12.2. The summed E-state index contributed by atoms with van der Waals surface area (Å²) in [5, 5.41) is 0. The van der Waals surface area contributed by atoms with Gasteiger partial charge < -0.3 is 9.47 Å². The fraction of sp³-hybridized carbons (Fsp3) is 0.632. The Kier molecular flexibility index (Phi) is 5.66. The van der Waals surface area contributed by atoms with Crippen LogP contribution in [-0.2, 0) is 4.79 Å². The van der Waals surface area contributed by atoms with Crippen LogP contribution in [0.4, 0.5) is 0 Å². The van der Waals surface area contributed by atoms with Crippen LogP contribution in [-0.4, -0.2) is 11.6 Å². The molecule has 0 radical (unpaired) electrons. The van der Waals surface area contributed by atoms with Gasteiger partial charge in [0.1, 0.15) is 17.1 Å². The molecule has 0 bridgehead atoms. The number of carbonyl (C=O) groups excluding carboxylic acids is 1. The Balaban J connectivity index is 3.06. The van der Waals surface area contributed by atoms with Crippen molar-refractivity contribution in [2.24, 2.45) is 5.41 Å². The highest BCUT2D eigenvalue weighted by atomic mass is 16.5. The van der Waals surface area contributed by atoms with Crippen LogP contribution in [0.25, 0.3) is 0 Å². The number of hydrogen-bond donors (Lipinski definition) is 0. The van der Waals surface area contributed by atoms with Gasteiger partial charge in [0, 0.05) is 5.56 Å². The van der Waals surface area contributed by atoms with Gasteiger partial charge in [0.05, 0.1) is 5.41 Å². The first-order chi connectivity index (χ1) is 9.96. The maximum atomic E-state index is 12.2. The van der Waals surface area contributed by atoms with Crippen LogP contribution in [0, 0.1) is 5.41 Å². The van der Waals surface area contributed by atoms with Crippen molar-refractivity contribution in [1.29, 1.82) is 0 Å². The zero-order valence-electron chi connectivity index (χ0n) is 15.2. The molecule has 0 aliphatic rings. The molecule has 0 saturated carbocycles.